The second-order valence-electron chi connectivity index (χ2n) is 3.89. The van der Waals surface area contributed by atoms with Gasteiger partial charge in [-0.2, -0.15) is 0 Å². The Kier molecular flexibility index (Phi) is 4.92. The fourth-order valence-corrected chi connectivity index (χ4v) is 3.76. The molecule has 1 amide bonds. The van der Waals surface area contributed by atoms with Gasteiger partial charge in [0.05, 0.1) is 0 Å². The zero-order chi connectivity index (χ0) is 13.1. The molecule has 0 bridgehead atoms. The second kappa shape index (κ2) is 5.29. The molecule has 0 spiro atoms. The second-order valence-corrected chi connectivity index (χ2v) is 6.15. The minimum atomic E-state index is -4.09. The standard InChI is InChI=1S/C9H17NO5S/c1-4-6(8(10)11)16(14,15)7(5(2)3)9(12)13/h5-7H,4H2,1-3H3,(H2,10,11)(H,12,13). The lowest BCUT2D eigenvalue weighted by Crippen LogP contribution is -2.46. The maximum absolute atomic E-state index is 11.9. The highest BCUT2D eigenvalue weighted by Crippen LogP contribution is 2.19. The Morgan fingerprint density at radius 3 is 1.94 bits per heavy atom. The van der Waals surface area contributed by atoms with E-state index in [4.69, 9.17) is 10.8 Å². The number of carbonyl (C=O) groups is 2. The van der Waals surface area contributed by atoms with Crippen molar-refractivity contribution < 1.29 is 23.1 Å². The van der Waals surface area contributed by atoms with Crippen molar-refractivity contribution in [1.29, 1.82) is 0 Å². The number of carboxylic acid groups (broad SMARTS) is 1. The lowest BCUT2D eigenvalue weighted by Gasteiger charge is -2.21. The molecule has 0 aromatic carbocycles. The van der Waals surface area contributed by atoms with Gasteiger partial charge in [0.25, 0.3) is 0 Å². The third-order valence-corrected chi connectivity index (χ3v) is 5.10. The van der Waals surface area contributed by atoms with Crippen molar-refractivity contribution in [2.45, 2.75) is 37.7 Å². The molecule has 0 heterocycles. The maximum atomic E-state index is 11.9. The molecule has 0 fully saturated rings. The number of sulfone groups is 1. The van der Waals surface area contributed by atoms with E-state index in [0.29, 0.717) is 0 Å². The maximum Gasteiger partial charge on any atom is 0.322 e. The van der Waals surface area contributed by atoms with Gasteiger partial charge in [0.15, 0.2) is 15.1 Å². The fourth-order valence-electron chi connectivity index (χ4n) is 1.58. The number of carbonyl (C=O) groups excluding carboxylic acids is 1. The minimum Gasteiger partial charge on any atom is -0.480 e. The summed E-state index contributed by atoms with van der Waals surface area (Å²) in [5.41, 5.74) is 4.96. The molecule has 94 valence electrons. The van der Waals surface area contributed by atoms with E-state index >= 15 is 0 Å². The minimum absolute atomic E-state index is 0.0197. The average Bonchev–Trinajstić information content (AvgIpc) is 1.99. The molecule has 0 saturated heterocycles. The molecule has 2 atom stereocenters. The molecule has 0 rings (SSSR count). The largest absolute Gasteiger partial charge is 0.480 e. The lowest BCUT2D eigenvalue weighted by molar-refractivity contribution is -0.137. The summed E-state index contributed by atoms with van der Waals surface area (Å²) in [6, 6.07) is 0. The fraction of sp³-hybridized carbons (Fsp3) is 0.778. The number of primary amides is 1. The van der Waals surface area contributed by atoms with Crippen LogP contribution in [0.3, 0.4) is 0 Å². The van der Waals surface area contributed by atoms with Crippen molar-refractivity contribution in [2.24, 2.45) is 11.7 Å². The van der Waals surface area contributed by atoms with E-state index in [1.807, 2.05) is 0 Å². The first-order chi connectivity index (χ1) is 7.16. The first-order valence-electron chi connectivity index (χ1n) is 4.91. The molecule has 0 saturated carbocycles. The van der Waals surface area contributed by atoms with E-state index in [-0.39, 0.29) is 6.42 Å². The van der Waals surface area contributed by atoms with Crippen molar-refractivity contribution in [3.05, 3.63) is 0 Å². The molecule has 0 aliphatic rings. The summed E-state index contributed by atoms with van der Waals surface area (Å²) in [6.45, 7) is 4.43. The quantitative estimate of drug-likeness (QED) is 0.677. The zero-order valence-electron chi connectivity index (χ0n) is 9.50. The lowest BCUT2D eigenvalue weighted by atomic mass is 10.1. The van der Waals surface area contributed by atoms with E-state index in [0.717, 1.165) is 0 Å². The molecule has 16 heavy (non-hydrogen) atoms. The SMILES string of the molecule is CCC(C(N)=O)S(=O)(=O)C(C(=O)O)C(C)C. The number of rotatable bonds is 6. The van der Waals surface area contributed by atoms with Crippen LogP contribution >= 0.6 is 0 Å². The Morgan fingerprint density at radius 1 is 1.31 bits per heavy atom. The smallest absolute Gasteiger partial charge is 0.322 e. The van der Waals surface area contributed by atoms with Crippen LogP contribution in [0, 0.1) is 5.92 Å². The van der Waals surface area contributed by atoms with Crippen LogP contribution in [0.4, 0.5) is 0 Å². The predicted octanol–water partition coefficient (Wildman–Crippen LogP) is -0.226. The van der Waals surface area contributed by atoms with Gasteiger partial charge in [-0.3, -0.25) is 9.59 Å². The Hall–Kier alpha value is -1.11. The zero-order valence-corrected chi connectivity index (χ0v) is 10.3. The van der Waals surface area contributed by atoms with Gasteiger partial charge < -0.3 is 10.8 Å². The summed E-state index contributed by atoms with van der Waals surface area (Å²) in [7, 11) is -4.09. The van der Waals surface area contributed by atoms with Gasteiger partial charge in [-0.05, 0) is 12.3 Å². The van der Waals surface area contributed by atoms with Crippen molar-refractivity contribution in [1.82, 2.24) is 0 Å². The molecule has 0 aromatic rings. The van der Waals surface area contributed by atoms with Crippen LogP contribution in [0.1, 0.15) is 27.2 Å². The van der Waals surface area contributed by atoms with Gasteiger partial charge in [-0.15, -0.1) is 0 Å². The van der Waals surface area contributed by atoms with E-state index in [9.17, 15) is 18.0 Å². The highest BCUT2D eigenvalue weighted by Gasteiger charge is 2.42. The molecule has 6 nitrogen and oxygen atoms in total. The molecule has 0 aliphatic carbocycles. The van der Waals surface area contributed by atoms with Gasteiger partial charge in [0.2, 0.25) is 5.91 Å². The molecule has 2 unspecified atom stereocenters. The number of hydrogen-bond acceptors (Lipinski definition) is 4. The summed E-state index contributed by atoms with van der Waals surface area (Å²) in [4.78, 5) is 21.9. The summed E-state index contributed by atoms with van der Waals surface area (Å²) < 4.78 is 23.8. The van der Waals surface area contributed by atoms with Gasteiger partial charge in [0, 0.05) is 0 Å². The van der Waals surface area contributed by atoms with Crippen LogP contribution < -0.4 is 5.73 Å². The Morgan fingerprint density at radius 2 is 1.75 bits per heavy atom. The third kappa shape index (κ3) is 2.94. The topological polar surface area (TPSA) is 115 Å². The number of aliphatic carboxylic acids is 1. The Balaban J connectivity index is 5.46. The first-order valence-corrected chi connectivity index (χ1v) is 6.52. The highest BCUT2D eigenvalue weighted by molar-refractivity contribution is 7.94. The Bertz CT molecular complexity index is 373. The molecule has 3 N–H and O–H groups in total. The van der Waals surface area contributed by atoms with Crippen molar-refractivity contribution >= 4 is 21.7 Å². The summed E-state index contributed by atoms with van der Waals surface area (Å²) in [5, 5.41) is 5.85. The van der Waals surface area contributed by atoms with Crippen molar-refractivity contribution in [3.8, 4) is 0 Å². The number of amides is 1. The van der Waals surface area contributed by atoms with Crippen LogP contribution in [-0.2, 0) is 19.4 Å². The van der Waals surface area contributed by atoms with Crippen molar-refractivity contribution in [2.75, 3.05) is 0 Å². The number of carboxylic acids is 1. The molecule has 0 aliphatic heterocycles. The van der Waals surface area contributed by atoms with Gasteiger partial charge in [-0.25, -0.2) is 8.42 Å². The number of nitrogens with two attached hydrogens (primary N) is 1. The molecule has 0 aromatic heterocycles. The van der Waals surface area contributed by atoms with Crippen LogP contribution in [0.5, 0.6) is 0 Å². The highest BCUT2D eigenvalue weighted by atomic mass is 32.2. The van der Waals surface area contributed by atoms with Crippen LogP contribution in [0.25, 0.3) is 0 Å². The average molecular weight is 251 g/mol. The van der Waals surface area contributed by atoms with E-state index < -0.39 is 38.1 Å². The summed E-state index contributed by atoms with van der Waals surface area (Å²) in [6.07, 6.45) is -0.0197. The molecular formula is C9H17NO5S. The van der Waals surface area contributed by atoms with Gasteiger partial charge in [-0.1, -0.05) is 20.8 Å². The van der Waals surface area contributed by atoms with E-state index in [2.05, 4.69) is 0 Å². The van der Waals surface area contributed by atoms with Crippen LogP contribution in [0.2, 0.25) is 0 Å². The molecular weight excluding hydrogens is 234 g/mol. The number of hydrogen-bond donors (Lipinski definition) is 2. The first kappa shape index (κ1) is 14.9. The van der Waals surface area contributed by atoms with Gasteiger partial charge in [0.1, 0.15) is 5.25 Å². The summed E-state index contributed by atoms with van der Waals surface area (Å²) >= 11 is 0. The normalized spacial score (nSPS) is 15.8. The Labute approximate surface area is 94.7 Å². The van der Waals surface area contributed by atoms with Crippen LogP contribution in [0.15, 0.2) is 0 Å². The monoisotopic (exact) mass is 251 g/mol. The van der Waals surface area contributed by atoms with Crippen LogP contribution in [-0.4, -0.2) is 35.9 Å². The van der Waals surface area contributed by atoms with Crippen molar-refractivity contribution in [3.63, 3.8) is 0 Å². The van der Waals surface area contributed by atoms with E-state index in [1.54, 1.807) is 0 Å². The molecule has 7 heteroatoms. The molecule has 0 radical (unpaired) electrons. The van der Waals surface area contributed by atoms with E-state index in [1.165, 1.54) is 20.8 Å². The van der Waals surface area contributed by atoms with Gasteiger partial charge >= 0.3 is 5.97 Å². The summed E-state index contributed by atoms with van der Waals surface area (Å²) in [5.74, 6) is -3.07. The predicted molar refractivity (Wildman–Crippen MR) is 58.5 cm³/mol. The third-order valence-electron chi connectivity index (χ3n) is 2.29.